The molecule has 36 heavy (non-hydrogen) atoms. The van der Waals surface area contributed by atoms with E-state index in [1.807, 2.05) is 0 Å². The van der Waals surface area contributed by atoms with Crippen LogP contribution in [0.25, 0.3) is 22.9 Å². The summed E-state index contributed by atoms with van der Waals surface area (Å²) in [4.78, 5) is 20.3. The largest absolute Gasteiger partial charge is 0.480 e. The zero-order chi connectivity index (χ0) is 25.1. The van der Waals surface area contributed by atoms with Crippen LogP contribution < -0.4 is 5.32 Å². The highest BCUT2D eigenvalue weighted by atomic mass is 19.1. The minimum Gasteiger partial charge on any atom is -0.480 e. The molecular formula is C25H24F2N6O3. The van der Waals surface area contributed by atoms with Crippen LogP contribution in [0.5, 0.6) is 0 Å². The van der Waals surface area contributed by atoms with Crippen molar-refractivity contribution in [3.8, 4) is 22.9 Å². The van der Waals surface area contributed by atoms with Gasteiger partial charge in [-0.1, -0.05) is 42.6 Å². The molecule has 0 saturated heterocycles. The minimum absolute atomic E-state index is 0.0868. The van der Waals surface area contributed by atoms with Crippen LogP contribution in [0.1, 0.15) is 37.7 Å². The molecule has 1 atom stereocenters. The lowest BCUT2D eigenvalue weighted by atomic mass is 9.84. The molecule has 2 N–H and O–H groups in total. The van der Waals surface area contributed by atoms with Gasteiger partial charge in [0.2, 0.25) is 0 Å². The number of aromatic nitrogens is 5. The molecule has 1 saturated carbocycles. The van der Waals surface area contributed by atoms with Crippen LogP contribution in [-0.2, 0) is 11.3 Å². The lowest BCUT2D eigenvalue weighted by molar-refractivity contribution is -0.139. The van der Waals surface area contributed by atoms with Gasteiger partial charge in [-0.15, -0.1) is 0 Å². The van der Waals surface area contributed by atoms with Gasteiger partial charge in [-0.2, -0.15) is 5.10 Å². The first-order chi connectivity index (χ1) is 17.5. The van der Waals surface area contributed by atoms with Crippen molar-refractivity contribution in [3.63, 3.8) is 0 Å². The van der Waals surface area contributed by atoms with Crippen molar-refractivity contribution >= 4 is 11.8 Å². The Labute approximate surface area is 205 Å². The number of hydrogen-bond acceptors (Lipinski definition) is 7. The van der Waals surface area contributed by atoms with Crippen LogP contribution in [0.2, 0.25) is 0 Å². The highest BCUT2D eigenvalue weighted by Crippen LogP contribution is 2.30. The molecule has 1 fully saturated rings. The fraction of sp³-hybridized carbons (Fsp3) is 0.320. The minimum atomic E-state index is -1.05. The summed E-state index contributed by atoms with van der Waals surface area (Å²) >= 11 is 0. The second-order valence-electron chi connectivity index (χ2n) is 8.80. The van der Waals surface area contributed by atoms with E-state index in [0.717, 1.165) is 38.3 Å². The van der Waals surface area contributed by atoms with E-state index < -0.39 is 17.8 Å². The predicted octanol–water partition coefficient (Wildman–Crippen LogP) is 4.77. The lowest BCUT2D eigenvalue weighted by Crippen LogP contribution is -2.38. The van der Waals surface area contributed by atoms with E-state index in [2.05, 4.69) is 25.5 Å². The van der Waals surface area contributed by atoms with Gasteiger partial charge >= 0.3 is 5.97 Å². The number of carbonyl (C=O) groups is 1. The number of aliphatic carboxylic acids is 1. The topological polar surface area (TPSA) is 119 Å². The second-order valence-corrected chi connectivity index (χ2v) is 8.80. The zero-order valence-corrected chi connectivity index (χ0v) is 19.3. The lowest BCUT2D eigenvalue weighted by Gasteiger charge is -2.28. The van der Waals surface area contributed by atoms with Crippen molar-refractivity contribution in [2.24, 2.45) is 5.92 Å². The zero-order valence-electron chi connectivity index (χ0n) is 19.3. The third kappa shape index (κ3) is 4.95. The Hall–Kier alpha value is -4.15. The molecule has 0 bridgehead atoms. The van der Waals surface area contributed by atoms with Gasteiger partial charge in [-0.05, 0) is 30.9 Å². The Kier molecular flexibility index (Phi) is 6.70. The molecule has 9 nitrogen and oxygen atoms in total. The van der Waals surface area contributed by atoms with E-state index in [1.54, 1.807) is 30.3 Å². The molecule has 0 spiro atoms. The summed E-state index contributed by atoms with van der Waals surface area (Å²) in [6, 6.07) is 8.66. The summed E-state index contributed by atoms with van der Waals surface area (Å²) in [5.74, 6) is -2.43. The molecule has 5 rings (SSSR count). The first-order valence-corrected chi connectivity index (χ1v) is 11.7. The summed E-state index contributed by atoms with van der Waals surface area (Å²) in [6.07, 6.45) is 6.85. The predicted molar refractivity (Wildman–Crippen MR) is 126 cm³/mol. The Morgan fingerprint density at radius 3 is 2.67 bits per heavy atom. The molecule has 0 radical (unpaired) electrons. The highest BCUT2D eigenvalue weighted by Gasteiger charge is 2.30. The van der Waals surface area contributed by atoms with E-state index in [0.29, 0.717) is 17.0 Å². The first-order valence-electron chi connectivity index (χ1n) is 11.7. The van der Waals surface area contributed by atoms with Gasteiger partial charge in [0.15, 0.2) is 17.5 Å². The number of anilines is 1. The number of nitrogens with one attached hydrogen (secondary N) is 1. The van der Waals surface area contributed by atoms with Crippen molar-refractivity contribution in [2.45, 2.75) is 44.7 Å². The molecule has 0 amide bonds. The van der Waals surface area contributed by atoms with Crippen LogP contribution in [0.4, 0.5) is 14.6 Å². The van der Waals surface area contributed by atoms with Crippen LogP contribution in [0, 0.1) is 17.6 Å². The molecule has 3 aromatic heterocycles. The first kappa shape index (κ1) is 23.6. The van der Waals surface area contributed by atoms with E-state index >= 15 is 0 Å². The van der Waals surface area contributed by atoms with Crippen molar-refractivity contribution in [1.82, 2.24) is 24.9 Å². The average molecular weight is 495 g/mol. The molecule has 1 aliphatic rings. The number of benzene rings is 1. The van der Waals surface area contributed by atoms with Gasteiger partial charge in [0, 0.05) is 11.6 Å². The highest BCUT2D eigenvalue weighted by molar-refractivity contribution is 5.77. The van der Waals surface area contributed by atoms with E-state index in [-0.39, 0.29) is 35.6 Å². The number of carboxylic acid groups (broad SMARTS) is 1. The van der Waals surface area contributed by atoms with Gasteiger partial charge in [-0.3, -0.25) is 4.68 Å². The van der Waals surface area contributed by atoms with Gasteiger partial charge < -0.3 is 14.9 Å². The quantitative estimate of drug-likeness (QED) is 0.360. The molecular weight excluding hydrogens is 470 g/mol. The van der Waals surface area contributed by atoms with Gasteiger partial charge in [0.05, 0.1) is 18.4 Å². The van der Waals surface area contributed by atoms with E-state index in [9.17, 15) is 18.7 Å². The summed E-state index contributed by atoms with van der Waals surface area (Å²) in [6.45, 7) is 0.101. The number of hydrogen-bond donors (Lipinski definition) is 2. The number of carboxylic acids is 1. The van der Waals surface area contributed by atoms with Gasteiger partial charge in [0.1, 0.15) is 29.5 Å². The monoisotopic (exact) mass is 494 g/mol. The van der Waals surface area contributed by atoms with E-state index in [1.165, 1.54) is 17.0 Å². The van der Waals surface area contributed by atoms with Crippen molar-refractivity contribution in [3.05, 3.63) is 66.1 Å². The van der Waals surface area contributed by atoms with Crippen LogP contribution >= 0.6 is 0 Å². The Morgan fingerprint density at radius 2 is 1.94 bits per heavy atom. The summed E-state index contributed by atoms with van der Waals surface area (Å²) < 4.78 is 35.5. The second kappa shape index (κ2) is 10.2. The average Bonchev–Trinajstić information content (AvgIpc) is 3.55. The maximum Gasteiger partial charge on any atom is 0.326 e. The fourth-order valence-electron chi connectivity index (χ4n) is 4.57. The summed E-state index contributed by atoms with van der Waals surface area (Å²) in [7, 11) is 0. The Morgan fingerprint density at radius 1 is 1.14 bits per heavy atom. The molecule has 0 aliphatic heterocycles. The molecule has 1 aromatic carbocycles. The molecule has 1 aliphatic carbocycles. The number of nitrogens with zero attached hydrogens (tertiary/aromatic N) is 5. The standard InChI is InChI=1S/C25H24F2N6O3/c26-17-9-5-4-8-16(17)14-33-21(19-10-11-36-32-19)12-20(31-33)24-28-13-18(27)23(30-24)29-22(25(34)35)15-6-2-1-3-7-15/h4-5,8-13,15,22H,1-3,6-7,14H2,(H,34,35)(H,28,29,30). The normalized spacial score (nSPS) is 15.1. The molecule has 4 aromatic rings. The van der Waals surface area contributed by atoms with E-state index in [4.69, 9.17) is 4.52 Å². The summed E-state index contributed by atoms with van der Waals surface area (Å²) in [5, 5.41) is 21.0. The van der Waals surface area contributed by atoms with Crippen molar-refractivity contribution in [1.29, 1.82) is 0 Å². The smallest absolute Gasteiger partial charge is 0.326 e. The Balaban J connectivity index is 1.48. The molecule has 3 heterocycles. The number of halogens is 2. The van der Waals surface area contributed by atoms with Gasteiger partial charge in [0.25, 0.3) is 0 Å². The Bertz CT molecular complexity index is 1350. The third-order valence-electron chi connectivity index (χ3n) is 6.41. The van der Waals surface area contributed by atoms with Crippen LogP contribution in [0.15, 0.2) is 53.4 Å². The number of rotatable bonds is 8. The third-order valence-corrected chi connectivity index (χ3v) is 6.41. The maximum absolute atomic E-state index is 14.6. The van der Waals surface area contributed by atoms with Gasteiger partial charge in [-0.25, -0.2) is 23.5 Å². The van der Waals surface area contributed by atoms with Crippen molar-refractivity contribution in [2.75, 3.05) is 5.32 Å². The van der Waals surface area contributed by atoms with Crippen LogP contribution in [0.3, 0.4) is 0 Å². The summed E-state index contributed by atoms with van der Waals surface area (Å²) in [5.41, 5.74) is 1.69. The van der Waals surface area contributed by atoms with Crippen LogP contribution in [-0.4, -0.2) is 42.0 Å². The maximum atomic E-state index is 14.6. The fourth-order valence-corrected chi connectivity index (χ4v) is 4.57. The SMILES string of the molecule is O=C(O)C(Nc1nc(-c2cc(-c3ccon3)n(Cc3ccccc3F)n2)ncc1F)C1CCCCC1. The van der Waals surface area contributed by atoms with Crippen molar-refractivity contribution < 1.29 is 23.2 Å². The molecule has 11 heteroatoms. The molecule has 1 unspecified atom stereocenters. The molecule has 186 valence electrons.